The average molecular weight is 308 g/mol. The van der Waals surface area contributed by atoms with Gasteiger partial charge < -0.3 is 9.84 Å². The van der Waals surface area contributed by atoms with E-state index >= 15 is 0 Å². The maximum atomic E-state index is 12.1. The molecule has 1 aromatic rings. The predicted octanol–water partition coefficient (Wildman–Crippen LogP) is -0.0243. The Kier molecular flexibility index (Phi) is 3.46. The summed E-state index contributed by atoms with van der Waals surface area (Å²) < 4.78 is 17.5. The number of aliphatic carboxylic acids is 1. The predicted molar refractivity (Wildman–Crippen MR) is 72.6 cm³/mol. The smallest absolute Gasteiger partial charge is 0.352 e. The van der Waals surface area contributed by atoms with E-state index in [0.29, 0.717) is 5.75 Å². The first kappa shape index (κ1) is 13.7. The Hall–Kier alpha value is -2.22. The molecule has 3 rings (SSSR count). The molecule has 0 bridgehead atoms. The van der Waals surface area contributed by atoms with E-state index in [1.807, 2.05) is 0 Å². The molecule has 3 heterocycles. The maximum Gasteiger partial charge on any atom is 0.352 e. The van der Waals surface area contributed by atoms with Gasteiger partial charge in [-0.15, -0.1) is 0 Å². The molecule has 0 radical (unpaired) electrons. The van der Waals surface area contributed by atoms with Crippen molar-refractivity contribution < 1.29 is 23.6 Å². The number of amides is 1. The molecule has 8 heteroatoms. The topological polar surface area (TPSA) is 96.8 Å². The Bertz CT molecular complexity index is 645. The summed E-state index contributed by atoms with van der Waals surface area (Å²) in [5, 5.41) is 8.44. The van der Waals surface area contributed by atoms with Crippen LogP contribution in [0.4, 0.5) is 0 Å². The minimum atomic E-state index is -1.30. The molecule has 1 aromatic heterocycles. The lowest BCUT2D eigenvalue weighted by Crippen LogP contribution is -2.66. The van der Waals surface area contributed by atoms with E-state index in [4.69, 9.17) is 9.84 Å². The average Bonchev–Trinajstić information content (AvgIpc) is 2.48. The first-order chi connectivity index (χ1) is 10.1. The van der Waals surface area contributed by atoms with Gasteiger partial charge in [0, 0.05) is 22.7 Å². The zero-order valence-electron chi connectivity index (χ0n) is 10.8. The van der Waals surface area contributed by atoms with Crippen molar-refractivity contribution in [1.82, 2.24) is 9.88 Å². The van der Waals surface area contributed by atoms with Crippen molar-refractivity contribution in [1.29, 1.82) is 0 Å². The van der Waals surface area contributed by atoms with E-state index in [-0.39, 0.29) is 24.0 Å². The van der Waals surface area contributed by atoms with E-state index in [1.54, 1.807) is 18.3 Å². The number of hydrogen-bond donors (Lipinski definition) is 1. The van der Waals surface area contributed by atoms with E-state index in [0.717, 1.165) is 4.90 Å². The molecule has 1 N–H and O–H groups in total. The highest BCUT2D eigenvalue weighted by Crippen LogP contribution is 2.36. The Morgan fingerprint density at radius 1 is 1.57 bits per heavy atom. The third kappa shape index (κ3) is 2.31. The van der Waals surface area contributed by atoms with Crippen molar-refractivity contribution in [2.45, 2.75) is 5.37 Å². The fraction of sp³-hybridized carbons (Fsp3) is 0.308. The fourth-order valence-corrected chi connectivity index (χ4v) is 3.93. The lowest BCUT2D eigenvalue weighted by atomic mass is 9.97. The summed E-state index contributed by atoms with van der Waals surface area (Å²) in [7, 11) is -1.30. The summed E-state index contributed by atoms with van der Waals surface area (Å²) in [4.78, 5) is 28.1. The third-order valence-corrected chi connectivity index (χ3v) is 4.98. The minimum absolute atomic E-state index is 0.0599. The number of pyridine rings is 1. The molecule has 1 fully saturated rings. The van der Waals surface area contributed by atoms with Crippen molar-refractivity contribution in [2.24, 2.45) is 5.92 Å². The highest BCUT2D eigenvalue weighted by molar-refractivity contribution is 7.86. The molecule has 2 aliphatic rings. The number of fused-ring (bicyclic) bond motifs is 1. The minimum Gasteiger partial charge on any atom is -0.491 e. The SMILES string of the molecule is O=C(O)C1=CCS(=O)[C@H]2C(COc3cccnc3)C(=O)N12. The van der Waals surface area contributed by atoms with Gasteiger partial charge in [0.1, 0.15) is 29.3 Å². The number of carboxylic acids is 1. The molecule has 0 aliphatic carbocycles. The van der Waals surface area contributed by atoms with Crippen LogP contribution >= 0.6 is 0 Å². The van der Waals surface area contributed by atoms with Gasteiger partial charge in [-0.3, -0.25) is 18.9 Å². The Labute approximate surface area is 122 Å². The Morgan fingerprint density at radius 3 is 3.05 bits per heavy atom. The first-order valence-corrected chi connectivity index (χ1v) is 7.64. The lowest BCUT2D eigenvalue weighted by Gasteiger charge is -2.47. The Balaban J connectivity index is 1.72. The van der Waals surface area contributed by atoms with Gasteiger partial charge in [0.2, 0.25) is 5.91 Å². The van der Waals surface area contributed by atoms with Crippen molar-refractivity contribution in [3.05, 3.63) is 36.3 Å². The van der Waals surface area contributed by atoms with Crippen LogP contribution in [0, 0.1) is 5.92 Å². The van der Waals surface area contributed by atoms with Gasteiger partial charge in [-0.25, -0.2) is 4.79 Å². The first-order valence-electron chi connectivity index (χ1n) is 6.26. The number of carbonyl (C=O) groups excluding carboxylic acids is 1. The van der Waals surface area contributed by atoms with Crippen LogP contribution in [0.1, 0.15) is 0 Å². The second-order valence-corrected chi connectivity index (χ2v) is 6.22. The van der Waals surface area contributed by atoms with Crippen LogP contribution in [0.2, 0.25) is 0 Å². The van der Waals surface area contributed by atoms with Crippen LogP contribution in [0.5, 0.6) is 5.75 Å². The molecular weight excluding hydrogens is 296 g/mol. The zero-order chi connectivity index (χ0) is 15.0. The van der Waals surface area contributed by atoms with Crippen molar-refractivity contribution in [3.8, 4) is 5.75 Å². The van der Waals surface area contributed by atoms with Gasteiger partial charge >= 0.3 is 5.97 Å². The number of rotatable bonds is 4. The molecule has 2 aliphatic heterocycles. The lowest BCUT2D eigenvalue weighted by molar-refractivity contribution is -0.154. The summed E-state index contributed by atoms with van der Waals surface area (Å²) in [5.74, 6) is -1.49. The van der Waals surface area contributed by atoms with Crippen molar-refractivity contribution in [3.63, 3.8) is 0 Å². The molecule has 2 unspecified atom stereocenters. The molecule has 1 amide bonds. The molecule has 21 heavy (non-hydrogen) atoms. The number of ether oxygens (including phenoxy) is 1. The highest BCUT2D eigenvalue weighted by atomic mass is 32.2. The van der Waals surface area contributed by atoms with Crippen LogP contribution in [-0.4, -0.2) is 48.8 Å². The second kappa shape index (κ2) is 5.28. The molecule has 3 atom stereocenters. The zero-order valence-corrected chi connectivity index (χ0v) is 11.7. The number of aromatic nitrogens is 1. The molecule has 110 valence electrons. The van der Waals surface area contributed by atoms with Gasteiger partial charge in [0.15, 0.2) is 0 Å². The molecule has 7 nitrogen and oxygen atoms in total. The van der Waals surface area contributed by atoms with Crippen LogP contribution in [0.3, 0.4) is 0 Å². The molecule has 0 saturated carbocycles. The highest BCUT2D eigenvalue weighted by Gasteiger charge is 2.55. The van der Waals surface area contributed by atoms with E-state index in [1.165, 1.54) is 12.3 Å². The van der Waals surface area contributed by atoms with Gasteiger partial charge in [-0.2, -0.15) is 0 Å². The molecule has 0 aromatic carbocycles. The standard InChI is InChI=1S/C13H12N2O5S/c16-11-9(7-20-8-2-1-4-14-6-8)12-15(11)10(13(17)18)3-5-21(12)19/h1-4,6,9,12H,5,7H2,(H,17,18)/t9?,12-,21?/m0/s1. The van der Waals surface area contributed by atoms with Crippen molar-refractivity contribution in [2.75, 3.05) is 12.4 Å². The summed E-state index contributed by atoms with van der Waals surface area (Å²) in [6, 6.07) is 3.41. The summed E-state index contributed by atoms with van der Waals surface area (Å²) in [6.45, 7) is 0.0599. The summed E-state index contributed by atoms with van der Waals surface area (Å²) in [5.41, 5.74) is -0.0952. The Morgan fingerprint density at radius 2 is 2.38 bits per heavy atom. The van der Waals surface area contributed by atoms with Gasteiger partial charge in [-0.05, 0) is 18.2 Å². The largest absolute Gasteiger partial charge is 0.491 e. The van der Waals surface area contributed by atoms with E-state index in [2.05, 4.69) is 4.98 Å². The summed E-state index contributed by atoms with van der Waals surface area (Å²) in [6.07, 6.45) is 4.44. The monoisotopic (exact) mass is 308 g/mol. The molecule has 0 spiro atoms. The van der Waals surface area contributed by atoms with Crippen LogP contribution in [0.15, 0.2) is 36.3 Å². The van der Waals surface area contributed by atoms with Crippen molar-refractivity contribution >= 4 is 22.7 Å². The van der Waals surface area contributed by atoms with Crippen LogP contribution in [-0.2, 0) is 20.4 Å². The number of hydrogen-bond acceptors (Lipinski definition) is 5. The van der Waals surface area contributed by atoms with E-state index < -0.39 is 28.1 Å². The third-order valence-electron chi connectivity index (χ3n) is 3.41. The number of nitrogens with zero attached hydrogens (tertiary/aromatic N) is 2. The molecular formula is C13H12N2O5S. The maximum absolute atomic E-state index is 12.1. The quantitative estimate of drug-likeness (QED) is 0.785. The second-order valence-electron chi connectivity index (χ2n) is 4.65. The van der Waals surface area contributed by atoms with Gasteiger partial charge in [0.25, 0.3) is 0 Å². The number of carboxylic acid groups (broad SMARTS) is 1. The molecule has 1 saturated heterocycles. The summed E-state index contributed by atoms with van der Waals surface area (Å²) >= 11 is 0. The van der Waals surface area contributed by atoms with E-state index in [9.17, 15) is 13.8 Å². The van der Waals surface area contributed by atoms with Gasteiger partial charge in [-0.1, -0.05) is 0 Å². The van der Waals surface area contributed by atoms with Gasteiger partial charge in [0.05, 0.1) is 6.20 Å². The van der Waals surface area contributed by atoms with Crippen LogP contribution < -0.4 is 4.74 Å². The number of carbonyl (C=O) groups is 2. The number of β-lactam (4-membered cyclic amide) rings is 1. The normalized spacial score (nSPS) is 27.4. The van der Waals surface area contributed by atoms with Crippen LogP contribution in [0.25, 0.3) is 0 Å². The fourth-order valence-electron chi connectivity index (χ4n) is 2.40.